The van der Waals surface area contributed by atoms with Crippen molar-refractivity contribution in [3.63, 3.8) is 0 Å². The van der Waals surface area contributed by atoms with Gasteiger partial charge >= 0.3 is 5.97 Å². The van der Waals surface area contributed by atoms with E-state index in [0.29, 0.717) is 30.9 Å². The number of unbranched alkanes of at least 4 members (excludes halogenated alkanes) is 3. The number of nitrogen functional groups attached to an aromatic ring is 1. The zero-order valence-corrected chi connectivity index (χ0v) is 18.5. The van der Waals surface area contributed by atoms with Gasteiger partial charge in [-0.15, -0.1) is 0 Å². The summed E-state index contributed by atoms with van der Waals surface area (Å²) in [5.74, 6) is 0.664. The van der Waals surface area contributed by atoms with Gasteiger partial charge in [0.25, 0.3) is 5.69 Å². The number of nitrogens with zero attached hydrogens (tertiary/aromatic N) is 1. The fourth-order valence-corrected chi connectivity index (χ4v) is 3.06. The molecule has 9 nitrogen and oxygen atoms in total. The van der Waals surface area contributed by atoms with Crippen molar-refractivity contribution in [3.8, 4) is 11.5 Å². The molecule has 176 valence electrons. The molecule has 0 heterocycles. The number of hydrogen-bond acceptors (Lipinski definition) is 8. The maximum Gasteiger partial charge on any atom is 0.338 e. The minimum absolute atomic E-state index is 0.0647. The second kappa shape index (κ2) is 13.5. The molecule has 0 fully saturated rings. The average Bonchev–Trinajstić information content (AvgIpc) is 2.80. The number of non-ortho nitro benzene ring substituents is 1. The molecule has 0 aromatic heterocycles. The molecule has 2 aromatic carbocycles. The molecule has 0 spiro atoms. The van der Waals surface area contributed by atoms with Crippen LogP contribution in [0.15, 0.2) is 48.6 Å². The lowest BCUT2D eigenvalue weighted by atomic mass is 10.1. The van der Waals surface area contributed by atoms with Crippen LogP contribution in [0, 0.1) is 10.1 Å². The number of nitro groups is 1. The number of ether oxygens (including phenoxy) is 3. The molecule has 2 aromatic rings. The number of nitro benzene ring substituents is 1. The average molecular weight is 456 g/mol. The van der Waals surface area contributed by atoms with Gasteiger partial charge in [-0.1, -0.05) is 12.1 Å². The predicted molar refractivity (Wildman–Crippen MR) is 124 cm³/mol. The maximum atomic E-state index is 12.1. The Balaban J connectivity index is 1.66. The van der Waals surface area contributed by atoms with Gasteiger partial charge in [0.15, 0.2) is 11.5 Å². The number of allylic oxidation sites excluding steroid dienone is 2. The summed E-state index contributed by atoms with van der Waals surface area (Å²) in [4.78, 5) is 32.7. The number of benzene rings is 2. The predicted octanol–water partition coefficient (Wildman–Crippen LogP) is 4.28. The van der Waals surface area contributed by atoms with Crippen molar-refractivity contribution in [2.24, 2.45) is 0 Å². The number of hydrogen-bond donors (Lipinski definition) is 1. The van der Waals surface area contributed by atoms with E-state index in [1.165, 1.54) is 18.2 Å². The zero-order valence-electron chi connectivity index (χ0n) is 18.5. The summed E-state index contributed by atoms with van der Waals surface area (Å²) in [6, 6.07) is 9.36. The number of esters is 1. The first kappa shape index (κ1) is 25.4. The highest BCUT2D eigenvalue weighted by molar-refractivity contribution is 5.91. The van der Waals surface area contributed by atoms with Crippen LogP contribution in [0.1, 0.15) is 41.6 Å². The van der Waals surface area contributed by atoms with Crippen molar-refractivity contribution in [3.05, 3.63) is 69.8 Å². The fourth-order valence-electron chi connectivity index (χ4n) is 3.06. The zero-order chi connectivity index (χ0) is 24.1. The second-order valence-corrected chi connectivity index (χ2v) is 7.22. The molecular formula is C24H28N2O7. The third kappa shape index (κ3) is 8.64. The second-order valence-electron chi connectivity index (χ2n) is 7.22. The van der Waals surface area contributed by atoms with Gasteiger partial charge in [0.2, 0.25) is 0 Å². The van der Waals surface area contributed by atoms with Crippen molar-refractivity contribution >= 4 is 23.6 Å². The Morgan fingerprint density at radius 2 is 1.82 bits per heavy atom. The molecule has 0 unspecified atom stereocenters. The van der Waals surface area contributed by atoms with Crippen LogP contribution in [-0.2, 0) is 16.0 Å². The van der Waals surface area contributed by atoms with Crippen LogP contribution < -0.4 is 15.2 Å². The summed E-state index contributed by atoms with van der Waals surface area (Å²) in [5.41, 5.74) is 6.57. The smallest absolute Gasteiger partial charge is 0.338 e. The number of aldehydes is 1. The van der Waals surface area contributed by atoms with Crippen molar-refractivity contribution in [1.29, 1.82) is 0 Å². The van der Waals surface area contributed by atoms with Crippen LogP contribution in [0.3, 0.4) is 0 Å². The molecule has 0 aliphatic carbocycles. The molecule has 33 heavy (non-hydrogen) atoms. The molecule has 0 amide bonds. The quantitative estimate of drug-likeness (QED) is 0.0847. The van der Waals surface area contributed by atoms with Crippen LogP contribution in [0.4, 0.5) is 11.4 Å². The SMILES string of the molecule is COc1cc(C/C=C/C=O)ccc1OCCCCCCOC(=O)c1cc(N)cc([N+](=O)[O-])c1. The Labute approximate surface area is 192 Å². The van der Waals surface area contributed by atoms with Gasteiger partial charge < -0.3 is 19.9 Å². The van der Waals surface area contributed by atoms with Gasteiger partial charge in [-0.25, -0.2) is 4.79 Å². The number of carbonyl (C=O) groups is 2. The van der Waals surface area contributed by atoms with Crippen molar-refractivity contribution in [2.75, 3.05) is 26.1 Å². The third-order valence-electron chi connectivity index (χ3n) is 4.71. The van der Waals surface area contributed by atoms with E-state index in [0.717, 1.165) is 37.2 Å². The molecule has 2 N–H and O–H groups in total. The van der Waals surface area contributed by atoms with Crippen molar-refractivity contribution in [2.45, 2.75) is 32.1 Å². The van der Waals surface area contributed by atoms with E-state index >= 15 is 0 Å². The molecule has 2 rings (SSSR count). The lowest BCUT2D eigenvalue weighted by molar-refractivity contribution is -0.384. The van der Waals surface area contributed by atoms with Crippen LogP contribution >= 0.6 is 0 Å². The van der Waals surface area contributed by atoms with E-state index in [2.05, 4.69) is 0 Å². The first-order valence-electron chi connectivity index (χ1n) is 10.6. The Bertz CT molecular complexity index is 989. The summed E-state index contributed by atoms with van der Waals surface area (Å²) in [6.45, 7) is 0.740. The molecule has 0 radical (unpaired) electrons. The minimum atomic E-state index is -0.633. The lowest BCUT2D eigenvalue weighted by Gasteiger charge is -2.12. The number of methoxy groups -OCH3 is 1. The Hall–Kier alpha value is -3.88. The molecule has 9 heteroatoms. The van der Waals surface area contributed by atoms with Crippen molar-refractivity contribution in [1.82, 2.24) is 0 Å². The molecular weight excluding hydrogens is 428 g/mol. The van der Waals surface area contributed by atoms with Gasteiger partial charge in [-0.05, 0) is 61.9 Å². The molecule has 0 aliphatic heterocycles. The highest BCUT2D eigenvalue weighted by Gasteiger charge is 2.14. The fraction of sp³-hybridized carbons (Fsp3) is 0.333. The summed E-state index contributed by atoms with van der Waals surface area (Å²) < 4.78 is 16.4. The first-order valence-corrected chi connectivity index (χ1v) is 10.6. The molecule has 0 aliphatic rings. The van der Waals surface area contributed by atoms with E-state index in [4.69, 9.17) is 19.9 Å². The number of anilines is 1. The normalized spacial score (nSPS) is 10.7. The first-order chi connectivity index (χ1) is 15.9. The van der Waals surface area contributed by atoms with Gasteiger partial charge in [0.1, 0.15) is 6.29 Å². The molecule has 0 saturated carbocycles. The van der Waals surface area contributed by atoms with E-state index in [1.807, 2.05) is 18.2 Å². The van der Waals surface area contributed by atoms with Gasteiger partial charge in [0.05, 0.1) is 30.8 Å². The van der Waals surface area contributed by atoms with E-state index in [-0.39, 0.29) is 23.5 Å². The standard InChI is InChI=1S/C24H28N2O7/c1-31-23-14-18(8-4-5-11-27)9-10-22(23)32-12-6-2-3-7-13-33-24(28)19-15-20(25)17-21(16-19)26(29)30/h4-5,9-11,14-17H,2-3,6-8,12-13,25H2,1H3/b5-4+. The van der Waals surface area contributed by atoms with Crippen LogP contribution in [0.2, 0.25) is 0 Å². The topological polar surface area (TPSA) is 131 Å². The Kier molecular flexibility index (Phi) is 10.4. The molecule has 0 bridgehead atoms. The summed E-state index contributed by atoms with van der Waals surface area (Å²) in [5, 5.41) is 10.9. The van der Waals surface area contributed by atoms with Gasteiger partial charge in [-0.2, -0.15) is 0 Å². The molecule has 0 atom stereocenters. The monoisotopic (exact) mass is 456 g/mol. The van der Waals surface area contributed by atoms with Gasteiger partial charge in [-0.3, -0.25) is 14.9 Å². The van der Waals surface area contributed by atoms with E-state index in [1.54, 1.807) is 13.2 Å². The van der Waals surface area contributed by atoms with E-state index in [9.17, 15) is 19.7 Å². The summed E-state index contributed by atoms with van der Waals surface area (Å²) in [6.07, 6.45) is 7.83. The maximum absolute atomic E-state index is 12.1. The minimum Gasteiger partial charge on any atom is -0.493 e. The Morgan fingerprint density at radius 1 is 1.06 bits per heavy atom. The number of carbonyl (C=O) groups excluding carboxylic acids is 2. The summed E-state index contributed by atoms with van der Waals surface area (Å²) >= 11 is 0. The van der Waals surface area contributed by atoms with Crippen LogP contribution in [0.25, 0.3) is 0 Å². The molecule has 0 saturated heterocycles. The van der Waals surface area contributed by atoms with Crippen LogP contribution in [-0.4, -0.2) is 37.5 Å². The summed E-state index contributed by atoms with van der Waals surface area (Å²) in [7, 11) is 1.58. The van der Waals surface area contributed by atoms with Crippen LogP contribution in [0.5, 0.6) is 11.5 Å². The number of nitrogens with two attached hydrogens (primary N) is 1. The highest BCUT2D eigenvalue weighted by Crippen LogP contribution is 2.28. The third-order valence-corrected chi connectivity index (χ3v) is 4.71. The highest BCUT2D eigenvalue weighted by atomic mass is 16.6. The lowest BCUT2D eigenvalue weighted by Crippen LogP contribution is -2.08. The largest absolute Gasteiger partial charge is 0.493 e. The van der Waals surface area contributed by atoms with Gasteiger partial charge in [0, 0.05) is 17.8 Å². The van der Waals surface area contributed by atoms with Crippen molar-refractivity contribution < 1.29 is 28.7 Å². The Morgan fingerprint density at radius 3 is 2.52 bits per heavy atom. The number of rotatable bonds is 14. The van der Waals surface area contributed by atoms with E-state index < -0.39 is 10.9 Å².